The molecule has 1 aliphatic rings. The Morgan fingerprint density at radius 3 is 2.47 bits per heavy atom. The van der Waals surface area contributed by atoms with Crippen LogP contribution in [0.1, 0.15) is 24.0 Å². The second kappa shape index (κ2) is 6.12. The molecule has 1 saturated heterocycles. The van der Waals surface area contributed by atoms with E-state index in [-0.39, 0.29) is 11.8 Å². The van der Waals surface area contributed by atoms with Crippen LogP contribution in [0.5, 0.6) is 0 Å². The molecule has 1 aromatic carbocycles. The number of hydrogen-bond donors (Lipinski definition) is 2. The van der Waals surface area contributed by atoms with Crippen molar-refractivity contribution in [1.29, 1.82) is 0 Å². The van der Waals surface area contributed by atoms with Gasteiger partial charge < -0.3 is 11.5 Å². The number of thiocarbonyl (C=S) groups is 1. The maximum Gasteiger partial charge on any atom is 0.220 e. The second-order valence-corrected chi connectivity index (χ2v) is 5.41. The molecule has 0 aliphatic carbocycles. The third-order valence-corrected chi connectivity index (χ3v) is 3.89. The average molecular weight is 277 g/mol. The molecule has 0 unspecified atom stereocenters. The minimum atomic E-state index is -0.178. The number of rotatable bonds is 4. The summed E-state index contributed by atoms with van der Waals surface area (Å²) in [6.45, 7) is 2.59. The van der Waals surface area contributed by atoms with E-state index in [1.54, 1.807) is 0 Å². The molecule has 19 heavy (non-hydrogen) atoms. The number of amides is 1. The largest absolute Gasteiger partial charge is 0.389 e. The highest BCUT2D eigenvalue weighted by molar-refractivity contribution is 7.80. The van der Waals surface area contributed by atoms with E-state index in [1.165, 1.54) is 0 Å². The van der Waals surface area contributed by atoms with Gasteiger partial charge in [0.2, 0.25) is 5.91 Å². The highest BCUT2D eigenvalue weighted by atomic mass is 32.1. The van der Waals surface area contributed by atoms with Gasteiger partial charge in [-0.25, -0.2) is 0 Å². The molecule has 0 spiro atoms. The van der Waals surface area contributed by atoms with Gasteiger partial charge in [0.15, 0.2) is 0 Å². The number of hydrogen-bond acceptors (Lipinski definition) is 3. The monoisotopic (exact) mass is 277 g/mol. The van der Waals surface area contributed by atoms with Gasteiger partial charge in [0.05, 0.1) is 0 Å². The summed E-state index contributed by atoms with van der Waals surface area (Å²) in [5.41, 5.74) is 13.2. The molecule has 0 aromatic heterocycles. The maximum absolute atomic E-state index is 11.1. The molecule has 1 amide bonds. The summed E-state index contributed by atoms with van der Waals surface area (Å²) in [6.07, 6.45) is 1.68. The van der Waals surface area contributed by atoms with Crippen molar-refractivity contribution in [3.8, 4) is 0 Å². The standard InChI is InChI=1S/C14H19N3OS/c15-13(18)10-5-7-17(8-6-10)9-11-3-1-2-4-12(11)14(16)19/h1-4,10H,5-9H2,(H2,15,18)(H2,16,19). The van der Waals surface area contributed by atoms with Gasteiger partial charge in [-0.15, -0.1) is 0 Å². The Kier molecular flexibility index (Phi) is 4.50. The number of benzene rings is 1. The number of piperidine rings is 1. The summed E-state index contributed by atoms with van der Waals surface area (Å²) in [6, 6.07) is 7.94. The van der Waals surface area contributed by atoms with Crippen LogP contribution in [0.4, 0.5) is 0 Å². The Balaban J connectivity index is 2.00. The lowest BCUT2D eigenvalue weighted by Gasteiger charge is -2.30. The molecule has 0 radical (unpaired) electrons. The van der Waals surface area contributed by atoms with Gasteiger partial charge in [-0.3, -0.25) is 9.69 Å². The van der Waals surface area contributed by atoms with Crippen molar-refractivity contribution in [3.05, 3.63) is 35.4 Å². The Hall–Kier alpha value is -1.46. The van der Waals surface area contributed by atoms with E-state index in [0.717, 1.165) is 43.6 Å². The minimum Gasteiger partial charge on any atom is -0.389 e. The fourth-order valence-electron chi connectivity index (χ4n) is 2.52. The molecule has 5 heteroatoms. The lowest BCUT2D eigenvalue weighted by atomic mass is 9.95. The van der Waals surface area contributed by atoms with Gasteiger partial charge >= 0.3 is 0 Å². The lowest BCUT2D eigenvalue weighted by molar-refractivity contribution is -0.123. The number of primary amides is 1. The summed E-state index contributed by atoms with van der Waals surface area (Å²) in [7, 11) is 0. The van der Waals surface area contributed by atoms with Crippen LogP contribution in [-0.4, -0.2) is 28.9 Å². The van der Waals surface area contributed by atoms with Crippen molar-refractivity contribution in [1.82, 2.24) is 4.90 Å². The van der Waals surface area contributed by atoms with Crippen LogP contribution >= 0.6 is 12.2 Å². The molecule has 0 bridgehead atoms. The van der Waals surface area contributed by atoms with E-state index in [4.69, 9.17) is 23.7 Å². The van der Waals surface area contributed by atoms with Gasteiger partial charge in [0.25, 0.3) is 0 Å². The van der Waals surface area contributed by atoms with Crippen molar-refractivity contribution in [2.45, 2.75) is 19.4 Å². The number of likely N-dealkylation sites (tertiary alicyclic amines) is 1. The van der Waals surface area contributed by atoms with Crippen molar-refractivity contribution < 1.29 is 4.79 Å². The van der Waals surface area contributed by atoms with Crippen LogP contribution in [0.25, 0.3) is 0 Å². The molecule has 1 aliphatic heterocycles. The predicted octanol–water partition coefficient (Wildman–Crippen LogP) is 1.02. The highest BCUT2D eigenvalue weighted by Crippen LogP contribution is 2.20. The Morgan fingerprint density at radius 2 is 1.89 bits per heavy atom. The summed E-state index contributed by atoms with van der Waals surface area (Å²) in [5, 5.41) is 0. The van der Waals surface area contributed by atoms with Gasteiger partial charge in [0, 0.05) is 18.0 Å². The van der Waals surface area contributed by atoms with E-state index in [9.17, 15) is 4.79 Å². The van der Waals surface area contributed by atoms with E-state index in [2.05, 4.69) is 11.0 Å². The molecular weight excluding hydrogens is 258 g/mol. The minimum absolute atomic E-state index is 0.0297. The lowest BCUT2D eigenvalue weighted by Crippen LogP contribution is -2.38. The number of nitrogens with two attached hydrogens (primary N) is 2. The average Bonchev–Trinajstić information content (AvgIpc) is 2.39. The first-order valence-electron chi connectivity index (χ1n) is 6.47. The molecule has 1 fully saturated rings. The van der Waals surface area contributed by atoms with Crippen LogP contribution in [0.15, 0.2) is 24.3 Å². The van der Waals surface area contributed by atoms with Crippen LogP contribution < -0.4 is 11.5 Å². The third-order valence-electron chi connectivity index (χ3n) is 3.67. The predicted molar refractivity (Wildman–Crippen MR) is 79.5 cm³/mol. The zero-order valence-corrected chi connectivity index (χ0v) is 11.7. The zero-order valence-electron chi connectivity index (χ0n) is 10.8. The third kappa shape index (κ3) is 3.52. The molecule has 4 nitrogen and oxygen atoms in total. The molecule has 0 saturated carbocycles. The molecule has 0 atom stereocenters. The first-order chi connectivity index (χ1) is 9.08. The van der Waals surface area contributed by atoms with Gasteiger partial charge in [-0.2, -0.15) is 0 Å². The fourth-order valence-corrected chi connectivity index (χ4v) is 2.71. The summed E-state index contributed by atoms with van der Waals surface area (Å²) in [5.74, 6) is -0.148. The summed E-state index contributed by atoms with van der Waals surface area (Å²) >= 11 is 5.07. The number of carbonyl (C=O) groups is 1. The van der Waals surface area contributed by atoms with Crippen LogP contribution in [0, 0.1) is 5.92 Å². The first-order valence-corrected chi connectivity index (χ1v) is 6.88. The smallest absolute Gasteiger partial charge is 0.220 e. The molecule has 102 valence electrons. The molecule has 4 N–H and O–H groups in total. The topological polar surface area (TPSA) is 72.4 Å². The van der Waals surface area contributed by atoms with Crippen molar-refractivity contribution in [2.75, 3.05) is 13.1 Å². The van der Waals surface area contributed by atoms with Gasteiger partial charge in [0.1, 0.15) is 4.99 Å². The summed E-state index contributed by atoms with van der Waals surface area (Å²) < 4.78 is 0. The van der Waals surface area contributed by atoms with Crippen molar-refractivity contribution in [3.63, 3.8) is 0 Å². The Morgan fingerprint density at radius 1 is 1.26 bits per heavy atom. The van der Waals surface area contributed by atoms with E-state index in [0.29, 0.717) is 4.99 Å². The SMILES string of the molecule is NC(=O)C1CCN(Cc2ccccc2C(N)=S)CC1. The van der Waals surface area contributed by atoms with Crippen LogP contribution in [-0.2, 0) is 11.3 Å². The van der Waals surface area contributed by atoms with E-state index < -0.39 is 0 Å². The van der Waals surface area contributed by atoms with Gasteiger partial charge in [-0.1, -0.05) is 36.5 Å². The van der Waals surface area contributed by atoms with E-state index >= 15 is 0 Å². The van der Waals surface area contributed by atoms with E-state index in [1.807, 2.05) is 18.2 Å². The van der Waals surface area contributed by atoms with Gasteiger partial charge in [-0.05, 0) is 31.5 Å². The number of nitrogens with zero attached hydrogens (tertiary/aromatic N) is 1. The molecule has 1 aromatic rings. The zero-order chi connectivity index (χ0) is 13.8. The Labute approximate surface area is 118 Å². The number of carbonyl (C=O) groups excluding carboxylic acids is 1. The molecule has 2 rings (SSSR count). The molecule has 1 heterocycles. The maximum atomic E-state index is 11.1. The fraction of sp³-hybridized carbons (Fsp3) is 0.429. The Bertz CT molecular complexity index is 481. The van der Waals surface area contributed by atoms with Crippen molar-refractivity contribution in [2.24, 2.45) is 17.4 Å². The normalized spacial score (nSPS) is 17.3. The quantitative estimate of drug-likeness (QED) is 0.806. The van der Waals surface area contributed by atoms with Crippen LogP contribution in [0.2, 0.25) is 0 Å². The summed E-state index contributed by atoms with van der Waals surface area (Å²) in [4.78, 5) is 13.9. The second-order valence-electron chi connectivity index (χ2n) is 4.97. The molecular formula is C14H19N3OS. The first kappa shape index (κ1) is 14.0. The van der Waals surface area contributed by atoms with Crippen LogP contribution in [0.3, 0.4) is 0 Å². The van der Waals surface area contributed by atoms with Crippen molar-refractivity contribution >= 4 is 23.1 Å². The highest BCUT2D eigenvalue weighted by Gasteiger charge is 2.23.